The maximum absolute atomic E-state index is 9.79. The second-order valence-corrected chi connectivity index (χ2v) is 10.6. The van der Waals surface area contributed by atoms with Crippen molar-refractivity contribution in [3.05, 3.63) is 35.9 Å². The molecule has 0 radical (unpaired) electrons. The van der Waals surface area contributed by atoms with Gasteiger partial charge in [0.25, 0.3) is 0 Å². The Morgan fingerprint density at radius 2 is 1.73 bits per heavy atom. The molecule has 0 aliphatic heterocycles. The first-order chi connectivity index (χ1) is 6.91. The van der Waals surface area contributed by atoms with E-state index in [0.29, 0.717) is 6.42 Å². The van der Waals surface area contributed by atoms with E-state index in [1.165, 1.54) is 0 Å². The van der Waals surface area contributed by atoms with Crippen LogP contribution >= 0.6 is 59.4 Å². The highest BCUT2D eigenvalue weighted by Gasteiger charge is 2.30. The molecule has 0 aliphatic rings. The van der Waals surface area contributed by atoms with Crippen molar-refractivity contribution in [2.24, 2.45) is 0 Å². The van der Waals surface area contributed by atoms with Crippen LogP contribution in [0.4, 0.5) is 0 Å². The zero-order chi connectivity index (χ0) is 11.5. The van der Waals surface area contributed by atoms with E-state index in [2.05, 4.69) is 47.8 Å². The maximum Gasteiger partial charge on any atom is 0.160 e. The average Bonchev–Trinajstić information content (AvgIpc) is 2.17. The first-order valence-electron chi connectivity index (χ1n) is 4.35. The van der Waals surface area contributed by atoms with Crippen molar-refractivity contribution < 1.29 is 5.11 Å². The summed E-state index contributed by atoms with van der Waals surface area (Å²) in [6.45, 7) is 0. The summed E-state index contributed by atoms with van der Waals surface area (Å²) in [4.78, 5) is 0. The summed E-state index contributed by atoms with van der Waals surface area (Å²) in [5, 5.41) is 9.59. The molecule has 0 amide bonds. The van der Waals surface area contributed by atoms with Crippen LogP contribution in [0.5, 0.6) is 0 Å². The number of hydrogen-bond donors (Lipinski definition) is 1. The van der Waals surface area contributed by atoms with Crippen molar-refractivity contribution in [2.45, 2.75) is 20.0 Å². The summed E-state index contributed by atoms with van der Waals surface area (Å²) in [5.74, 6) is 0. The molecule has 0 heterocycles. The van der Waals surface area contributed by atoms with Gasteiger partial charge in [0.15, 0.2) is 2.14 Å². The summed E-state index contributed by atoms with van der Waals surface area (Å²) in [6, 6.07) is 9.69. The van der Waals surface area contributed by atoms with Crippen LogP contribution in [0.25, 0.3) is 0 Å². The lowest BCUT2D eigenvalue weighted by Crippen LogP contribution is -2.24. The van der Waals surface area contributed by atoms with Crippen molar-refractivity contribution in [1.29, 1.82) is 0 Å². The van der Waals surface area contributed by atoms with Gasteiger partial charge in [-0.1, -0.05) is 78.1 Å². The molecule has 0 fully saturated rings. The Bertz CT molecular complexity index is 299. The second kappa shape index (κ2) is 6.01. The molecule has 0 saturated heterocycles. The van der Waals surface area contributed by atoms with E-state index < -0.39 is 8.25 Å². The second-order valence-electron chi connectivity index (χ2n) is 3.17. The molecule has 84 valence electrons. The van der Waals surface area contributed by atoms with Gasteiger partial charge in [-0.15, -0.1) is 11.6 Å². The Labute approximate surface area is 120 Å². The molecule has 1 rings (SSSR count). The lowest BCUT2D eigenvalue weighted by molar-refractivity contribution is 0.177. The van der Waals surface area contributed by atoms with E-state index in [-0.39, 0.29) is 5.38 Å². The lowest BCUT2D eigenvalue weighted by atomic mass is 10.1. The van der Waals surface area contributed by atoms with Gasteiger partial charge >= 0.3 is 0 Å². The molecule has 5 heteroatoms. The molecule has 0 aliphatic carbocycles. The molecule has 1 aromatic carbocycles. The van der Waals surface area contributed by atoms with Gasteiger partial charge < -0.3 is 5.11 Å². The molecule has 15 heavy (non-hydrogen) atoms. The summed E-state index contributed by atoms with van der Waals surface area (Å²) < 4.78 is -0.672. The fraction of sp³-hybridized carbons (Fsp3) is 0.400. The Morgan fingerprint density at radius 3 is 2.20 bits per heavy atom. The third kappa shape index (κ3) is 4.73. The van der Waals surface area contributed by atoms with Crippen LogP contribution in [0.3, 0.4) is 0 Å². The first kappa shape index (κ1) is 14.0. The van der Waals surface area contributed by atoms with Gasteiger partial charge in [0.1, 0.15) is 0 Å². The van der Waals surface area contributed by atoms with Crippen molar-refractivity contribution in [1.82, 2.24) is 0 Å². The van der Waals surface area contributed by atoms with Crippen LogP contribution in [0.2, 0.25) is 0 Å². The predicted molar refractivity (Wildman–Crippen MR) is 75.2 cm³/mol. The number of halogens is 4. The largest absolute Gasteiger partial charge is 0.390 e. The van der Waals surface area contributed by atoms with Crippen molar-refractivity contribution >= 4 is 59.4 Å². The minimum absolute atomic E-state index is 0.201. The Balaban J connectivity index is 2.61. The molecule has 2 atom stereocenters. The van der Waals surface area contributed by atoms with Gasteiger partial charge in [-0.2, -0.15) is 0 Å². The number of alkyl halides is 4. The molecular weight excluding hydrogens is 411 g/mol. The molecule has 1 N–H and O–H groups in total. The van der Waals surface area contributed by atoms with Crippen LogP contribution in [0.15, 0.2) is 30.3 Å². The maximum atomic E-state index is 9.79. The highest BCUT2D eigenvalue weighted by Crippen LogP contribution is 2.41. The number of rotatable bonds is 3. The third-order valence-electron chi connectivity index (χ3n) is 1.97. The molecule has 0 spiro atoms. The third-order valence-corrected chi connectivity index (χ3v) is 3.98. The van der Waals surface area contributed by atoms with Crippen molar-refractivity contribution in [3.63, 3.8) is 0 Å². The number of benzene rings is 1. The summed E-state index contributed by atoms with van der Waals surface area (Å²) in [5.41, 5.74) is 1.01. The topological polar surface area (TPSA) is 20.2 Å². The van der Waals surface area contributed by atoms with Crippen molar-refractivity contribution in [2.75, 3.05) is 0 Å². The molecule has 1 aromatic rings. The Morgan fingerprint density at radius 1 is 1.20 bits per heavy atom. The molecule has 0 bridgehead atoms. The number of hydrogen-bond acceptors (Lipinski definition) is 1. The van der Waals surface area contributed by atoms with Gasteiger partial charge in [0, 0.05) is 0 Å². The van der Waals surface area contributed by atoms with E-state index in [0.717, 1.165) is 5.56 Å². The van der Waals surface area contributed by atoms with Crippen LogP contribution in [-0.4, -0.2) is 13.4 Å². The van der Waals surface area contributed by atoms with Crippen LogP contribution < -0.4 is 0 Å². The summed E-state index contributed by atoms with van der Waals surface area (Å²) >= 11 is 16.0. The van der Waals surface area contributed by atoms with Gasteiger partial charge in [-0.3, -0.25) is 0 Å². The Hall–Kier alpha value is 0.910. The molecule has 1 nitrogen and oxygen atoms in total. The van der Waals surface area contributed by atoms with E-state index in [1.54, 1.807) is 0 Å². The number of aliphatic hydroxyl groups excluding tert-OH is 1. The quantitative estimate of drug-likeness (QED) is 0.710. The minimum atomic E-state index is -0.672. The van der Waals surface area contributed by atoms with E-state index in [1.807, 2.05) is 30.3 Å². The van der Waals surface area contributed by atoms with Crippen LogP contribution in [0, 0.1) is 0 Å². The minimum Gasteiger partial charge on any atom is -0.390 e. The number of aliphatic hydroxyl groups is 1. The normalized spacial score (nSPS) is 16.1. The standard InChI is InChI=1S/C10H10Br3ClO/c11-10(12,13)9(15)6-8(14)7-4-2-1-3-5-7/h1-5,8-9,15H,6H2/t8-,9-/m1/s1. The lowest BCUT2D eigenvalue weighted by Gasteiger charge is -2.22. The fourth-order valence-corrected chi connectivity index (χ4v) is 2.00. The summed E-state index contributed by atoms with van der Waals surface area (Å²) in [6.07, 6.45) is -0.173. The predicted octanol–water partition coefficient (Wildman–Crippen LogP) is 4.56. The fourth-order valence-electron chi connectivity index (χ4n) is 1.13. The van der Waals surface area contributed by atoms with Crippen LogP contribution in [-0.2, 0) is 0 Å². The molecule has 0 saturated carbocycles. The highest BCUT2D eigenvalue weighted by atomic mass is 80.0. The monoisotopic (exact) mass is 418 g/mol. The molecule has 0 unspecified atom stereocenters. The van der Waals surface area contributed by atoms with Gasteiger partial charge in [-0.05, 0) is 12.0 Å². The molecule has 0 aromatic heterocycles. The average molecular weight is 421 g/mol. The van der Waals surface area contributed by atoms with E-state index >= 15 is 0 Å². The zero-order valence-electron chi connectivity index (χ0n) is 7.71. The first-order valence-corrected chi connectivity index (χ1v) is 7.16. The Kier molecular flexibility index (Phi) is 5.60. The van der Waals surface area contributed by atoms with Crippen LogP contribution in [0.1, 0.15) is 17.4 Å². The van der Waals surface area contributed by atoms with Gasteiger partial charge in [0.2, 0.25) is 0 Å². The van der Waals surface area contributed by atoms with E-state index in [9.17, 15) is 5.11 Å². The van der Waals surface area contributed by atoms with Crippen molar-refractivity contribution in [3.8, 4) is 0 Å². The zero-order valence-corrected chi connectivity index (χ0v) is 13.2. The SMILES string of the molecule is O[C@H](C[C@@H](Cl)c1ccccc1)C(Br)(Br)Br. The van der Waals surface area contributed by atoms with Gasteiger partial charge in [-0.25, -0.2) is 0 Å². The smallest absolute Gasteiger partial charge is 0.160 e. The summed E-state index contributed by atoms with van der Waals surface area (Å²) in [7, 11) is 0. The highest BCUT2D eigenvalue weighted by molar-refractivity contribution is 9.39. The van der Waals surface area contributed by atoms with E-state index in [4.69, 9.17) is 11.6 Å². The molecular formula is C10H10Br3ClO. The van der Waals surface area contributed by atoms with Gasteiger partial charge in [0.05, 0.1) is 11.5 Å².